The molecule has 1 aromatic carbocycles. The Balaban J connectivity index is 2.01. The van der Waals surface area contributed by atoms with E-state index in [1.807, 2.05) is 7.05 Å². The Morgan fingerprint density at radius 2 is 2.12 bits per heavy atom. The zero-order valence-electron chi connectivity index (χ0n) is 9.47. The van der Waals surface area contributed by atoms with E-state index in [-0.39, 0.29) is 5.82 Å². The molecule has 0 heterocycles. The molecule has 0 aliphatic heterocycles. The molecule has 3 heteroatoms. The van der Waals surface area contributed by atoms with E-state index in [4.69, 9.17) is 11.6 Å². The van der Waals surface area contributed by atoms with E-state index in [1.54, 1.807) is 12.1 Å². The van der Waals surface area contributed by atoms with Crippen LogP contribution in [-0.2, 0) is 6.42 Å². The summed E-state index contributed by atoms with van der Waals surface area (Å²) in [6.45, 7) is 1.05. The highest BCUT2D eigenvalue weighted by molar-refractivity contribution is 6.31. The Morgan fingerprint density at radius 3 is 2.75 bits per heavy atom. The standard InChI is InChI=1S/C13H17ClFN/c1-16-8-10-3-2-9(10)6-11-7-12(15)4-5-13(11)14/h4-5,7,9-10,16H,2-3,6,8H2,1H3. The van der Waals surface area contributed by atoms with E-state index in [0.717, 1.165) is 24.4 Å². The van der Waals surface area contributed by atoms with Crippen LogP contribution < -0.4 is 5.32 Å². The van der Waals surface area contributed by atoms with E-state index in [9.17, 15) is 4.39 Å². The second kappa shape index (κ2) is 5.15. The summed E-state index contributed by atoms with van der Waals surface area (Å²) in [6.07, 6.45) is 3.42. The van der Waals surface area contributed by atoms with E-state index in [0.29, 0.717) is 10.9 Å². The molecule has 2 atom stereocenters. The van der Waals surface area contributed by atoms with Crippen molar-refractivity contribution in [3.63, 3.8) is 0 Å². The molecule has 0 radical (unpaired) electrons. The van der Waals surface area contributed by atoms with E-state index in [2.05, 4.69) is 5.32 Å². The van der Waals surface area contributed by atoms with Crippen molar-refractivity contribution < 1.29 is 4.39 Å². The summed E-state index contributed by atoms with van der Waals surface area (Å²) < 4.78 is 13.1. The van der Waals surface area contributed by atoms with Crippen molar-refractivity contribution in [2.24, 2.45) is 11.8 Å². The van der Waals surface area contributed by atoms with Gasteiger partial charge in [-0.2, -0.15) is 0 Å². The van der Waals surface area contributed by atoms with Crippen LogP contribution in [0.2, 0.25) is 5.02 Å². The highest BCUT2D eigenvalue weighted by atomic mass is 35.5. The molecule has 0 aromatic heterocycles. The first kappa shape index (κ1) is 11.9. The molecule has 88 valence electrons. The molecule has 16 heavy (non-hydrogen) atoms. The molecule has 1 aromatic rings. The van der Waals surface area contributed by atoms with Gasteiger partial charge in [-0.25, -0.2) is 4.39 Å². The normalized spacial score (nSPS) is 24.2. The van der Waals surface area contributed by atoms with Crippen molar-refractivity contribution in [3.05, 3.63) is 34.6 Å². The number of nitrogens with one attached hydrogen (secondary N) is 1. The number of rotatable bonds is 4. The second-order valence-corrected chi connectivity index (χ2v) is 5.00. The maximum Gasteiger partial charge on any atom is 0.123 e. The lowest BCUT2D eigenvalue weighted by Crippen LogP contribution is -2.35. The summed E-state index contributed by atoms with van der Waals surface area (Å²) >= 11 is 6.06. The Hall–Kier alpha value is -0.600. The van der Waals surface area contributed by atoms with Crippen LogP contribution >= 0.6 is 11.6 Å². The van der Waals surface area contributed by atoms with Crippen molar-refractivity contribution in [3.8, 4) is 0 Å². The Bertz CT molecular complexity index is 367. The van der Waals surface area contributed by atoms with Crippen molar-refractivity contribution in [2.45, 2.75) is 19.3 Å². The van der Waals surface area contributed by atoms with Gasteiger partial charge in [-0.1, -0.05) is 11.6 Å². The van der Waals surface area contributed by atoms with E-state index >= 15 is 0 Å². The highest BCUT2D eigenvalue weighted by Crippen LogP contribution is 2.37. The molecule has 1 saturated carbocycles. The quantitative estimate of drug-likeness (QED) is 0.853. The Labute approximate surface area is 101 Å². The minimum absolute atomic E-state index is 0.191. The van der Waals surface area contributed by atoms with Crippen LogP contribution in [0.5, 0.6) is 0 Å². The van der Waals surface area contributed by atoms with Crippen LogP contribution in [0, 0.1) is 17.7 Å². The van der Waals surface area contributed by atoms with E-state index < -0.39 is 0 Å². The largest absolute Gasteiger partial charge is 0.319 e. The zero-order valence-corrected chi connectivity index (χ0v) is 10.2. The smallest absolute Gasteiger partial charge is 0.123 e. The number of halogens is 2. The summed E-state index contributed by atoms with van der Waals surface area (Å²) in [5.41, 5.74) is 0.951. The molecule has 1 fully saturated rings. The van der Waals surface area contributed by atoms with Gasteiger partial charge in [0.1, 0.15) is 5.82 Å². The van der Waals surface area contributed by atoms with Crippen LogP contribution in [0.1, 0.15) is 18.4 Å². The average molecular weight is 242 g/mol. The Kier molecular flexibility index (Phi) is 3.82. The minimum atomic E-state index is -0.191. The summed E-state index contributed by atoms with van der Waals surface area (Å²) in [5, 5.41) is 3.90. The zero-order chi connectivity index (χ0) is 11.5. The molecule has 1 aliphatic rings. The van der Waals surface area contributed by atoms with Gasteiger partial charge < -0.3 is 5.32 Å². The topological polar surface area (TPSA) is 12.0 Å². The van der Waals surface area contributed by atoms with Crippen LogP contribution in [0.15, 0.2) is 18.2 Å². The number of hydrogen-bond acceptors (Lipinski definition) is 1. The van der Waals surface area contributed by atoms with Gasteiger partial charge in [-0.3, -0.25) is 0 Å². The lowest BCUT2D eigenvalue weighted by atomic mass is 9.71. The predicted molar refractivity (Wildman–Crippen MR) is 65.3 cm³/mol. The molecule has 2 rings (SSSR count). The van der Waals surface area contributed by atoms with Gasteiger partial charge in [0, 0.05) is 5.02 Å². The van der Waals surface area contributed by atoms with Gasteiger partial charge in [0.25, 0.3) is 0 Å². The average Bonchev–Trinajstić information content (AvgIpc) is 2.25. The van der Waals surface area contributed by atoms with Crippen LogP contribution in [0.3, 0.4) is 0 Å². The first-order valence-corrected chi connectivity index (χ1v) is 6.17. The lowest BCUT2D eigenvalue weighted by molar-refractivity contribution is 0.174. The summed E-state index contributed by atoms with van der Waals surface area (Å²) in [7, 11) is 1.98. The van der Waals surface area contributed by atoms with Crippen molar-refractivity contribution in [1.82, 2.24) is 5.32 Å². The summed E-state index contributed by atoms with van der Waals surface area (Å²) in [4.78, 5) is 0. The maximum atomic E-state index is 13.1. The fourth-order valence-corrected chi connectivity index (χ4v) is 2.61. The molecule has 1 aliphatic carbocycles. The Morgan fingerprint density at radius 1 is 1.38 bits per heavy atom. The van der Waals surface area contributed by atoms with Gasteiger partial charge in [0.2, 0.25) is 0 Å². The van der Waals surface area contributed by atoms with Gasteiger partial charge in [0.05, 0.1) is 0 Å². The fourth-order valence-electron chi connectivity index (χ4n) is 2.42. The second-order valence-electron chi connectivity index (χ2n) is 4.60. The predicted octanol–water partition coefficient (Wildman–Crippen LogP) is 3.27. The van der Waals surface area contributed by atoms with Gasteiger partial charge in [0.15, 0.2) is 0 Å². The minimum Gasteiger partial charge on any atom is -0.319 e. The van der Waals surface area contributed by atoms with Gasteiger partial charge in [-0.15, -0.1) is 0 Å². The van der Waals surface area contributed by atoms with Crippen molar-refractivity contribution in [1.29, 1.82) is 0 Å². The van der Waals surface area contributed by atoms with Crippen molar-refractivity contribution >= 4 is 11.6 Å². The van der Waals surface area contributed by atoms with Crippen LogP contribution in [0.25, 0.3) is 0 Å². The first-order chi connectivity index (χ1) is 7.70. The van der Waals surface area contributed by atoms with Gasteiger partial charge in [-0.05, 0) is 68.5 Å². The van der Waals surface area contributed by atoms with Crippen LogP contribution in [0.4, 0.5) is 4.39 Å². The maximum absolute atomic E-state index is 13.1. The molecular formula is C13H17ClFN. The third-order valence-corrected chi connectivity index (χ3v) is 3.90. The van der Waals surface area contributed by atoms with Crippen LogP contribution in [-0.4, -0.2) is 13.6 Å². The molecule has 0 spiro atoms. The number of benzene rings is 1. The number of hydrogen-bond donors (Lipinski definition) is 1. The summed E-state index contributed by atoms with van der Waals surface area (Å²) in [6, 6.07) is 4.63. The van der Waals surface area contributed by atoms with Gasteiger partial charge >= 0.3 is 0 Å². The molecule has 1 nitrogen and oxygen atoms in total. The third-order valence-electron chi connectivity index (χ3n) is 3.53. The highest BCUT2D eigenvalue weighted by Gasteiger charge is 2.30. The molecule has 2 unspecified atom stereocenters. The SMILES string of the molecule is CNCC1CCC1Cc1cc(F)ccc1Cl. The molecule has 0 bridgehead atoms. The molecule has 0 saturated heterocycles. The summed E-state index contributed by atoms with van der Waals surface area (Å²) in [5.74, 6) is 1.19. The third kappa shape index (κ3) is 2.55. The van der Waals surface area contributed by atoms with E-state index in [1.165, 1.54) is 18.9 Å². The molecule has 0 amide bonds. The lowest BCUT2D eigenvalue weighted by Gasteiger charge is -2.37. The first-order valence-electron chi connectivity index (χ1n) is 5.79. The van der Waals surface area contributed by atoms with Crippen molar-refractivity contribution in [2.75, 3.05) is 13.6 Å². The molecular weight excluding hydrogens is 225 g/mol. The fraction of sp³-hybridized carbons (Fsp3) is 0.538. The monoisotopic (exact) mass is 241 g/mol. The molecule has 1 N–H and O–H groups in total.